The second-order valence-corrected chi connectivity index (χ2v) is 5.21. The zero-order valence-electron chi connectivity index (χ0n) is 12.0. The Labute approximate surface area is 112 Å². The average molecular weight is 246 g/mol. The number of Topliss-reactive ketones (excluding diaryl/α,β-unsaturated/α-hetero) is 1. The summed E-state index contributed by atoms with van der Waals surface area (Å²) >= 11 is 0. The van der Waals surface area contributed by atoms with Gasteiger partial charge >= 0.3 is 0 Å². The summed E-state index contributed by atoms with van der Waals surface area (Å²) in [6, 6.07) is 8.00. The molecule has 0 amide bonds. The molecule has 1 heteroatoms. The first kappa shape index (κ1) is 14.9. The third kappa shape index (κ3) is 4.64. The Bertz CT molecular complexity index is 350. The van der Waals surface area contributed by atoms with Gasteiger partial charge in [0.1, 0.15) is 0 Å². The molecule has 0 radical (unpaired) electrons. The number of aryl methyl sites for hydroxylation is 1. The van der Waals surface area contributed by atoms with E-state index in [1.165, 1.54) is 24.8 Å². The molecule has 100 valence electrons. The lowest BCUT2D eigenvalue weighted by Gasteiger charge is -2.15. The van der Waals surface area contributed by atoms with E-state index in [4.69, 9.17) is 0 Å². The Morgan fingerprint density at radius 2 is 1.67 bits per heavy atom. The molecule has 0 aliphatic carbocycles. The fraction of sp³-hybridized carbons (Fsp3) is 0.588. The summed E-state index contributed by atoms with van der Waals surface area (Å²) in [7, 11) is 0. The zero-order valence-corrected chi connectivity index (χ0v) is 12.0. The van der Waals surface area contributed by atoms with Gasteiger partial charge in [-0.25, -0.2) is 0 Å². The lowest BCUT2D eigenvalue weighted by Crippen LogP contribution is -2.14. The van der Waals surface area contributed by atoms with Gasteiger partial charge in [0.2, 0.25) is 0 Å². The minimum atomic E-state index is 0.226. The van der Waals surface area contributed by atoms with Crippen LogP contribution in [0.4, 0.5) is 0 Å². The fourth-order valence-corrected chi connectivity index (χ4v) is 2.35. The number of carbonyl (C=O) groups excluding carboxylic acids is 1. The van der Waals surface area contributed by atoms with Crippen LogP contribution < -0.4 is 0 Å². The first-order valence-corrected chi connectivity index (χ1v) is 7.29. The summed E-state index contributed by atoms with van der Waals surface area (Å²) in [5.74, 6) is 0.567. The molecule has 0 fully saturated rings. The van der Waals surface area contributed by atoms with Crippen molar-refractivity contribution in [1.29, 1.82) is 0 Å². The summed E-state index contributed by atoms with van der Waals surface area (Å²) in [6.45, 7) is 6.42. The Hall–Kier alpha value is -1.11. The molecule has 1 aromatic rings. The van der Waals surface area contributed by atoms with E-state index in [1.54, 1.807) is 0 Å². The summed E-state index contributed by atoms with van der Waals surface area (Å²) in [6.07, 6.45) is 6.80. The molecule has 0 spiro atoms. The summed E-state index contributed by atoms with van der Waals surface area (Å²) in [4.78, 5) is 12.4. The molecule has 0 bridgehead atoms. The van der Waals surface area contributed by atoms with Gasteiger partial charge in [0.25, 0.3) is 0 Å². The molecule has 0 unspecified atom stereocenters. The molecule has 1 nitrogen and oxygen atoms in total. The molecule has 18 heavy (non-hydrogen) atoms. The number of hydrogen-bond acceptors (Lipinski definition) is 1. The van der Waals surface area contributed by atoms with Crippen molar-refractivity contribution in [2.24, 2.45) is 5.92 Å². The van der Waals surface area contributed by atoms with Gasteiger partial charge < -0.3 is 0 Å². The van der Waals surface area contributed by atoms with Crippen LogP contribution in [-0.2, 0) is 0 Å². The van der Waals surface area contributed by atoms with Crippen molar-refractivity contribution in [2.75, 3.05) is 0 Å². The normalized spacial score (nSPS) is 12.4. The van der Waals surface area contributed by atoms with Crippen LogP contribution in [0.2, 0.25) is 0 Å². The number of rotatable bonds is 8. The molecule has 0 aromatic heterocycles. The van der Waals surface area contributed by atoms with Gasteiger partial charge in [-0.2, -0.15) is 0 Å². The molecule has 0 saturated heterocycles. The van der Waals surface area contributed by atoms with Crippen LogP contribution in [0, 0.1) is 12.8 Å². The van der Waals surface area contributed by atoms with Crippen LogP contribution in [0.15, 0.2) is 24.3 Å². The minimum Gasteiger partial charge on any atom is -0.294 e. The second kappa shape index (κ2) is 8.07. The standard InChI is InChI=1S/C17H26O/c1-4-6-7-9-15(8-5-2)17(18)16-12-10-14(3)11-13-16/h10-13,15H,4-9H2,1-3H3/t15-/m0/s1. The van der Waals surface area contributed by atoms with Crippen molar-refractivity contribution in [3.05, 3.63) is 35.4 Å². The number of hydrogen-bond donors (Lipinski definition) is 0. The lowest BCUT2D eigenvalue weighted by atomic mass is 9.88. The van der Waals surface area contributed by atoms with Gasteiger partial charge in [0.15, 0.2) is 5.78 Å². The highest BCUT2D eigenvalue weighted by atomic mass is 16.1. The van der Waals surface area contributed by atoms with E-state index < -0.39 is 0 Å². The zero-order chi connectivity index (χ0) is 13.4. The van der Waals surface area contributed by atoms with E-state index in [9.17, 15) is 4.79 Å². The van der Waals surface area contributed by atoms with E-state index >= 15 is 0 Å². The van der Waals surface area contributed by atoms with Crippen molar-refractivity contribution in [3.8, 4) is 0 Å². The molecule has 1 atom stereocenters. The van der Waals surface area contributed by atoms with Crippen LogP contribution >= 0.6 is 0 Å². The van der Waals surface area contributed by atoms with Gasteiger partial charge in [-0.3, -0.25) is 4.79 Å². The molecular weight excluding hydrogens is 220 g/mol. The van der Waals surface area contributed by atoms with Crippen LogP contribution in [0.5, 0.6) is 0 Å². The molecule has 1 rings (SSSR count). The maximum Gasteiger partial charge on any atom is 0.165 e. The molecule has 0 heterocycles. The fourth-order valence-electron chi connectivity index (χ4n) is 2.35. The maximum absolute atomic E-state index is 12.4. The van der Waals surface area contributed by atoms with Crippen LogP contribution in [0.3, 0.4) is 0 Å². The lowest BCUT2D eigenvalue weighted by molar-refractivity contribution is 0.0903. The van der Waals surface area contributed by atoms with Gasteiger partial charge in [0.05, 0.1) is 0 Å². The van der Waals surface area contributed by atoms with Gasteiger partial charge in [0, 0.05) is 11.5 Å². The number of carbonyl (C=O) groups is 1. The topological polar surface area (TPSA) is 17.1 Å². The summed E-state index contributed by atoms with van der Waals surface area (Å²) in [5.41, 5.74) is 2.10. The first-order valence-electron chi connectivity index (χ1n) is 7.29. The van der Waals surface area contributed by atoms with Crippen molar-refractivity contribution < 1.29 is 4.79 Å². The predicted molar refractivity (Wildman–Crippen MR) is 78.0 cm³/mol. The molecular formula is C17H26O. The number of benzene rings is 1. The average Bonchev–Trinajstić information content (AvgIpc) is 2.38. The largest absolute Gasteiger partial charge is 0.294 e. The van der Waals surface area contributed by atoms with Gasteiger partial charge in [-0.15, -0.1) is 0 Å². The van der Waals surface area contributed by atoms with Crippen LogP contribution in [0.25, 0.3) is 0 Å². The Balaban J connectivity index is 2.66. The summed E-state index contributed by atoms with van der Waals surface area (Å²) in [5, 5.41) is 0. The predicted octanol–water partition coefficient (Wildman–Crippen LogP) is 5.17. The second-order valence-electron chi connectivity index (χ2n) is 5.21. The monoisotopic (exact) mass is 246 g/mol. The van der Waals surface area contributed by atoms with E-state index in [0.29, 0.717) is 5.78 Å². The highest BCUT2D eigenvalue weighted by Crippen LogP contribution is 2.21. The quantitative estimate of drug-likeness (QED) is 0.456. The third-order valence-electron chi connectivity index (χ3n) is 3.50. The van der Waals surface area contributed by atoms with E-state index in [2.05, 4.69) is 20.8 Å². The Kier molecular flexibility index (Phi) is 6.70. The van der Waals surface area contributed by atoms with Crippen LogP contribution in [0.1, 0.15) is 68.3 Å². The SMILES string of the molecule is CCCCC[C@H](CCC)C(=O)c1ccc(C)cc1. The molecule has 0 N–H and O–H groups in total. The maximum atomic E-state index is 12.4. The highest BCUT2D eigenvalue weighted by Gasteiger charge is 2.18. The molecule has 0 aliphatic rings. The number of ketones is 1. The number of unbranched alkanes of at least 4 members (excludes halogenated alkanes) is 2. The summed E-state index contributed by atoms with van der Waals surface area (Å²) < 4.78 is 0. The third-order valence-corrected chi connectivity index (χ3v) is 3.50. The van der Waals surface area contributed by atoms with Gasteiger partial charge in [-0.1, -0.05) is 69.4 Å². The smallest absolute Gasteiger partial charge is 0.165 e. The van der Waals surface area contributed by atoms with Crippen molar-refractivity contribution >= 4 is 5.78 Å². The molecule has 0 aliphatic heterocycles. The van der Waals surface area contributed by atoms with E-state index in [-0.39, 0.29) is 5.92 Å². The van der Waals surface area contributed by atoms with E-state index in [0.717, 1.165) is 24.8 Å². The first-order chi connectivity index (χ1) is 8.69. The minimum absolute atomic E-state index is 0.226. The van der Waals surface area contributed by atoms with Crippen molar-refractivity contribution in [3.63, 3.8) is 0 Å². The molecule has 0 saturated carbocycles. The van der Waals surface area contributed by atoms with E-state index in [1.807, 2.05) is 24.3 Å². The Morgan fingerprint density at radius 3 is 2.22 bits per heavy atom. The Morgan fingerprint density at radius 1 is 1.00 bits per heavy atom. The van der Waals surface area contributed by atoms with Gasteiger partial charge in [-0.05, 0) is 19.8 Å². The van der Waals surface area contributed by atoms with Crippen molar-refractivity contribution in [1.82, 2.24) is 0 Å². The van der Waals surface area contributed by atoms with Crippen molar-refractivity contribution in [2.45, 2.75) is 59.3 Å². The highest BCUT2D eigenvalue weighted by molar-refractivity contribution is 5.97. The van der Waals surface area contributed by atoms with Crippen LogP contribution in [-0.4, -0.2) is 5.78 Å². The molecule has 1 aromatic carbocycles.